The van der Waals surface area contributed by atoms with Crippen molar-refractivity contribution in [2.24, 2.45) is 7.05 Å². The highest BCUT2D eigenvalue weighted by Gasteiger charge is 2.33. The molecule has 0 radical (unpaired) electrons. The third-order valence-electron chi connectivity index (χ3n) is 4.14. The first kappa shape index (κ1) is 15.9. The summed E-state index contributed by atoms with van der Waals surface area (Å²) in [7, 11) is -1.54. The van der Waals surface area contributed by atoms with E-state index in [1.807, 2.05) is 13.2 Å². The van der Waals surface area contributed by atoms with E-state index in [0.29, 0.717) is 13.2 Å². The Hall–Kier alpha value is -0.960. The van der Waals surface area contributed by atoms with E-state index in [-0.39, 0.29) is 24.0 Å². The van der Waals surface area contributed by atoms with Gasteiger partial charge in [-0.2, -0.15) is 5.10 Å². The Morgan fingerprint density at radius 2 is 2.09 bits per heavy atom. The minimum atomic E-state index is -3.38. The van der Waals surface area contributed by atoms with Crippen LogP contribution in [0, 0.1) is 0 Å². The van der Waals surface area contributed by atoms with Gasteiger partial charge in [-0.25, -0.2) is 13.1 Å². The fraction of sp³-hybridized carbons (Fsp3) is 0.786. The van der Waals surface area contributed by atoms with Crippen molar-refractivity contribution in [2.45, 2.75) is 43.9 Å². The molecule has 0 amide bonds. The van der Waals surface area contributed by atoms with Crippen LogP contribution in [0.4, 0.5) is 0 Å². The van der Waals surface area contributed by atoms with Crippen LogP contribution in [0.2, 0.25) is 0 Å². The lowest BCUT2D eigenvalue weighted by molar-refractivity contribution is -0.00455. The maximum absolute atomic E-state index is 12.4. The van der Waals surface area contributed by atoms with E-state index in [4.69, 9.17) is 9.47 Å². The molecule has 0 bridgehead atoms. The zero-order valence-corrected chi connectivity index (χ0v) is 13.6. The molecule has 3 rings (SSSR count). The number of nitrogens with one attached hydrogen (secondary N) is 1. The van der Waals surface area contributed by atoms with Crippen LogP contribution < -0.4 is 4.72 Å². The largest absolute Gasteiger partial charge is 0.377 e. The van der Waals surface area contributed by atoms with Crippen molar-refractivity contribution < 1.29 is 17.9 Å². The molecule has 7 nitrogen and oxygen atoms in total. The van der Waals surface area contributed by atoms with Crippen LogP contribution in [-0.2, 0) is 26.5 Å². The molecule has 0 saturated carbocycles. The van der Waals surface area contributed by atoms with E-state index in [9.17, 15) is 8.42 Å². The van der Waals surface area contributed by atoms with Crippen LogP contribution in [0.3, 0.4) is 0 Å². The third kappa shape index (κ3) is 3.87. The minimum Gasteiger partial charge on any atom is -0.377 e. The van der Waals surface area contributed by atoms with Crippen LogP contribution in [0.15, 0.2) is 12.4 Å². The first-order valence-electron chi connectivity index (χ1n) is 7.75. The van der Waals surface area contributed by atoms with Gasteiger partial charge in [0.2, 0.25) is 10.0 Å². The molecule has 3 heterocycles. The molecule has 0 aliphatic carbocycles. The monoisotopic (exact) mass is 329 g/mol. The summed E-state index contributed by atoms with van der Waals surface area (Å²) in [6.07, 6.45) is 6.52. The Kier molecular flexibility index (Phi) is 4.82. The molecule has 0 spiro atoms. The summed E-state index contributed by atoms with van der Waals surface area (Å²) < 4.78 is 40.5. The molecule has 0 unspecified atom stereocenters. The summed E-state index contributed by atoms with van der Waals surface area (Å²) in [5, 5.41) is 4.15. The first-order valence-corrected chi connectivity index (χ1v) is 9.40. The number of rotatable bonds is 5. The van der Waals surface area contributed by atoms with E-state index >= 15 is 0 Å². The van der Waals surface area contributed by atoms with E-state index in [1.165, 1.54) is 0 Å². The quantitative estimate of drug-likeness (QED) is 0.861. The van der Waals surface area contributed by atoms with Gasteiger partial charge in [-0.15, -0.1) is 0 Å². The summed E-state index contributed by atoms with van der Waals surface area (Å²) in [4.78, 5) is 0. The Labute approximate surface area is 131 Å². The van der Waals surface area contributed by atoms with Crippen molar-refractivity contribution in [2.75, 3.05) is 19.0 Å². The molecule has 22 heavy (non-hydrogen) atoms. The van der Waals surface area contributed by atoms with Crippen molar-refractivity contribution in [1.82, 2.24) is 14.5 Å². The maximum Gasteiger partial charge on any atom is 0.214 e. The maximum atomic E-state index is 12.4. The second-order valence-electron chi connectivity index (χ2n) is 6.02. The number of sulfonamides is 1. The average molecular weight is 329 g/mol. The van der Waals surface area contributed by atoms with Crippen molar-refractivity contribution in [3.05, 3.63) is 18.0 Å². The number of aryl methyl sites for hydroxylation is 1. The normalized spacial score (nSPS) is 29.8. The molecule has 2 aliphatic heterocycles. The Morgan fingerprint density at radius 1 is 1.32 bits per heavy atom. The van der Waals surface area contributed by atoms with Gasteiger partial charge in [0.15, 0.2) is 0 Å². The van der Waals surface area contributed by atoms with Crippen molar-refractivity contribution in [3.8, 4) is 0 Å². The SMILES string of the molecule is Cn1cc([C@H]2OCCC[C@@H]2NS(=O)(=O)C[C@H]2CCCO2)cn1. The molecule has 2 saturated heterocycles. The van der Waals surface area contributed by atoms with E-state index < -0.39 is 10.0 Å². The molecule has 1 aromatic heterocycles. The highest BCUT2D eigenvalue weighted by atomic mass is 32.2. The summed E-state index contributed by atoms with van der Waals surface area (Å²) in [6, 6.07) is -0.246. The number of hydrogen-bond acceptors (Lipinski definition) is 5. The highest BCUT2D eigenvalue weighted by molar-refractivity contribution is 7.89. The second kappa shape index (κ2) is 6.66. The Balaban J connectivity index is 1.68. The standard InChI is InChI=1S/C14H23N3O4S/c1-17-9-11(8-15-17)14-13(5-3-7-21-14)16-22(18,19)10-12-4-2-6-20-12/h8-9,12-14,16H,2-7,10H2,1H3/t12-,13+,14-/m1/s1. The van der Waals surface area contributed by atoms with Crippen LogP contribution in [0.1, 0.15) is 37.4 Å². The molecule has 1 aromatic rings. The minimum absolute atomic E-state index is 0.0310. The molecule has 8 heteroatoms. The fourth-order valence-electron chi connectivity index (χ4n) is 3.12. The van der Waals surface area contributed by atoms with Gasteiger partial charge < -0.3 is 9.47 Å². The number of aromatic nitrogens is 2. The van der Waals surface area contributed by atoms with Gasteiger partial charge in [0.1, 0.15) is 6.10 Å². The summed E-state index contributed by atoms with van der Waals surface area (Å²) in [5.74, 6) is 0.0310. The lowest BCUT2D eigenvalue weighted by Crippen LogP contribution is -2.44. The first-order chi connectivity index (χ1) is 10.5. The lowest BCUT2D eigenvalue weighted by atomic mass is 9.99. The summed E-state index contributed by atoms with van der Waals surface area (Å²) in [5.41, 5.74) is 0.909. The van der Waals surface area contributed by atoms with Gasteiger partial charge in [0, 0.05) is 32.0 Å². The predicted octanol–water partition coefficient (Wildman–Crippen LogP) is 0.739. The van der Waals surface area contributed by atoms with Crippen molar-refractivity contribution in [3.63, 3.8) is 0 Å². The number of hydrogen-bond donors (Lipinski definition) is 1. The van der Waals surface area contributed by atoms with Gasteiger partial charge >= 0.3 is 0 Å². The van der Waals surface area contributed by atoms with Crippen molar-refractivity contribution in [1.29, 1.82) is 0 Å². The van der Waals surface area contributed by atoms with Gasteiger partial charge in [0.25, 0.3) is 0 Å². The van der Waals surface area contributed by atoms with Gasteiger partial charge in [-0.1, -0.05) is 0 Å². The topological polar surface area (TPSA) is 82.5 Å². The Morgan fingerprint density at radius 3 is 2.77 bits per heavy atom. The third-order valence-corrected chi connectivity index (χ3v) is 5.61. The molecule has 0 aromatic carbocycles. The molecule has 1 N–H and O–H groups in total. The van der Waals surface area contributed by atoms with Gasteiger partial charge in [-0.05, 0) is 25.7 Å². The summed E-state index contributed by atoms with van der Waals surface area (Å²) >= 11 is 0. The molecule has 2 fully saturated rings. The highest BCUT2D eigenvalue weighted by Crippen LogP contribution is 2.28. The molecular formula is C14H23N3O4S. The van der Waals surface area contributed by atoms with Crippen LogP contribution >= 0.6 is 0 Å². The van der Waals surface area contributed by atoms with E-state index in [0.717, 1.165) is 31.2 Å². The summed E-state index contributed by atoms with van der Waals surface area (Å²) in [6.45, 7) is 1.30. The zero-order chi connectivity index (χ0) is 15.6. The fourth-order valence-corrected chi connectivity index (χ4v) is 4.67. The van der Waals surface area contributed by atoms with Crippen LogP contribution in [0.5, 0.6) is 0 Å². The van der Waals surface area contributed by atoms with E-state index in [2.05, 4.69) is 9.82 Å². The molecule has 124 valence electrons. The smallest absolute Gasteiger partial charge is 0.214 e. The zero-order valence-electron chi connectivity index (χ0n) is 12.8. The van der Waals surface area contributed by atoms with Gasteiger partial charge in [-0.3, -0.25) is 4.68 Å². The molecular weight excluding hydrogens is 306 g/mol. The van der Waals surface area contributed by atoms with Crippen LogP contribution in [-0.4, -0.2) is 49.3 Å². The second-order valence-corrected chi connectivity index (χ2v) is 7.82. The molecule has 2 aliphatic rings. The van der Waals surface area contributed by atoms with E-state index in [1.54, 1.807) is 10.9 Å². The Bertz CT molecular complexity index is 595. The number of ether oxygens (including phenoxy) is 2. The number of nitrogens with zero attached hydrogens (tertiary/aromatic N) is 2. The van der Waals surface area contributed by atoms with Gasteiger partial charge in [0.05, 0.1) is 24.1 Å². The lowest BCUT2D eigenvalue weighted by Gasteiger charge is -2.31. The molecule has 3 atom stereocenters. The average Bonchev–Trinajstić information content (AvgIpc) is 3.10. The van der Waals surface area contributed by atoms with Crippen molar-refractivity contribution >= 4 is 10.0 Å². The predicted molar refractivity (Wildman–Crippen MR) is 80.8 cm³/mol. The van der Waals surface area contributed by atoms with Crippen LogP contribution in [0.25, 0.3) is 0 Å².